The number of ether oxygens (including phenoxy) is 1. The molecule has 0 fully saturated rings. The summed E-state index contributed by atoms with van der Waals surface area (Å²) in [5.41, 5.74) is 0.693. The molecule has 1 rings (SSSR count). The number of amides is 1. The number of rotatable bonds is 6. The molecule has 1 aromatic carbocycles. The number of halogens is 2. The summed E-state index contributed by atoms with van der Waals surface area (Å²) in [7, 11) is 0. The zero-order valence-electron chi connectivity index (χ0n) is 11.7. The molecule has 0 spiro atoms. The smallest absolute Gasteiger partial charge is 0.407 e. The van der Waals surface area contributed by atoms with Crippen molar-refractivity contribution in [3.63, 3.8) is 0 Å². The third kappa shape index (κ3) is 4.70. The van der Waals surface area contributed by atoms with Crippen molar-refractivity contribution in [1.29, 1.82) is 0 Å². The van der Waals surface area contributed by atoms with Gasteiger partial charge in [-0.3, -0.25) is 0 Å². The van der Waals surface area contributed by atoms with Gasteiger partial charge in [-0.2, -0.15) is 8.78 Å². The second-order valence-corrected chi connectivity index (χ2v) is 4.86. The monoisotopic (exact) mass is 301 g/mol. The van der Waals surface area contributed by atoms with Crippen LogP contribution in [0.5, 0.6) is 0 Å². The zero-order valence-corrected chi connectivity index (χ0v) is 11.7. The normalized spacial score (nSPS) is 12.8. The number of nitrogens with one attached hydrogen (secondary N) is 1. The summed E-state index contributed by atoms with van der Waals surface area (Å²) >= 11 is 0. The summed E-state index contributed by atoms with van der Waals surface area (Å²) in [6, 6.07) is 6.83. The van der Waals surface area contributed by atoms with Gasteiger partial charge in [0.2, 0.25) is 0 Å². The molecule has 5 nitrogen and oxygen atoms in total. The number of carbonyl (C=O) groups excluding carboxylic acids is 1. The Kier molecular flexibility index (Phi) is 5.63. The average Bonchev–Trinajstić information content (AvgIpc) is 2.43. The molecule has 2 N–H and O–H groups in total. The first-order valence-corrected chi connectivity index (χ1v) is 6.33. The Morgan fingerprint density at radius 2 is 1.86 bits per heavy atom. The van der Waals surface area contributed by atoms with Gasteiger partial charge in [-0.1, -0.05) is 44.2 Å². The quantitative estimate of drug-likeness (QED) is 0.847. The molecule has 1 amide bonds. The fraction of sp³-hybridized carbons (Fsp3) is 0.429. The lowest BCUT2D eigenvalue weighted by Crippen LogP contribution is -2.54. The maximum absolute atomic E-state index is 13.5. The van der Waals surface area contributed by atoms with Crippen LogP contribution in [0, 0.1) is 5.92 Å². The number of aliphatic carboxylic acids is 1. The molecule has 0 aliphatic heterocycles. The molecule has 21 heavy (non-hydrogen) atoms. The Bertz CT molecular complexity index is 491. The van der Waals surface area contributed by atoms with E-state index in [2.05, 4.69) is 0 Å². The van der Waals surface area contributed by atoms with Crippen molar-refractivity contribution in [3.8, 4) is 0 Å². The number of benzene rings is 1. The minimum Gasteiger partial charge on any atom is -0.477 e. The lowest BCUT2D eigenvalue weighted by molar-refractivity contribution is -0.171. The molecule has 0 aromatic heterocycles. The molecule has 1 atom stereocenters. The highest BCUT2D eigenvalue weighted by atomic mass is 19.3. The van der Waals surface area contributed by atoms with E-state index < -0.39 is 29.9 Å². The summed E-state index contributed by atoms with van der Waals surface area (Å²) in [6.45, 7) is 2.69. The molecular formula is C14H17F2NO4. The van der Waals surface area contributed by atoms with Gasteiger partial charge in [-0.25, -0.2) is 9.59 Å². The van der Waals surface area contributed by atoms with Crippen molar-refractivity contribution < 1.29 is 28.2 Å². The van der Waals surface area contributed by atoms with Crippen LogP contribution in [0.3, 0.4) is 0 Å². The molecule has 1 unspecified atom stereocenters. The van der Waals surface area contributed by atoms with Gasteiger partial charge in [-0.15, -0.1) is 0 Å². The molecule has 0 aliphatic carbocycles. The van der Waals surface area contributed by atoms with Crippen LogP contribution in [-0.4, -0.2) is 29.1 Å². The second kappa shape index (κ2) is 7.01. The van der Waals surface area contributed by atoms with Crippen molar-refractivity contribution >= 4 is 12.1 Å². The maximum atomic E-state index is 13.5. The molecule has 0 saturated heterocycles. The van der Waals surface area contributed by atoms with Crippen LogP contribution in [0.4, 0.5) is 13.6 Å². The first kappa shape index (κ1) is 16.9. The van der Waals surface area contributed by atoms with E-state index in [-0.39, 0.29) is 6.61 Å². The standard InChI is InChI=1S/C14H17F2NO4/c1-9(2)11(14(15,16)12(18)19)17-13(20)21-8-10-6-4-3-5-7-10/h3-7,9,11H,8H2,1-2H3,(H,17,20)(H,18,19). The number of alkyl carbamates (subject to hydrolysis) is 1. The molecule has 0 saturated carbocycles. The minimum atomic E-state index is -4.07. The lowest BCUT2D eigenvalue weighted by Gasteiger charge is -2.27. The topological polar surface area (TPSA) is 75.6 Å². The van der Waals surface area contributed by atoms with Crippen molar-refractivity contribution in [2.24, 2.45) is 5.92 Å². The Balaban J connectivity index is 2.63. The maximum Gasteiger partial charge on any atom is 0.407 e. The van der Waals surface area contributed by atoms with Gasteiger partial charge in [0.05, 0.1) is 0 Å². The van der Waals surface area contributed by atoms with E-state index in [0.717, 1.165) is 0 Å². The molecule has 1 aromatic rings. The van der Waals surface area contributed by atoms with Gasteiger partial charge in [0, 0.05) is 0 Å². The van der Waals surface area contributed by atoms with E-state index in [0.29, 0.717) is 5.56 Å². The molecule has 0 bridgehead atoms. The molecule has 116 valence electrons. The van der Waals surface area contributed by atoms with Crippen LogP contribution >= 0.6 is 0 Å². The average molecular weight is 301 g/mol. The number of carboxylic acids is 1. The Hall–Kier alpha value is -2.18. The first-order valence-electron chi connectivity index (χ1n) is 6.33. The number of hydrogen-bond acceptors (Lipinski definition) is 3. The van der Waals surface area contributed by atoms with Crippen LogP contribution in [0.15, 0.2) is 30.3 Å². The fourth-order valence-corrected chi connectivity index (χ4v) is 1.70. The summed E-state index contributed by atoms with van der Waals surface area (Å²) < 4.78 is 31.8. The van der Waals surface area contributed by atoms with Gasteiger partial charge >= 0.3 is 18.0 Å². The van der Waals surface area contributed by atoms with E-state index in [9.17, 15) is 18.4 Å². The fourth-order valence-electron chi connectivity index (χ4n) is 1.70. The number of carboxylic acid groups (broad SMARTS) is 1. The number of carbonyl (C=O) groups is 2. The second-order valence-electron chi connectivity index (χ2n) is 4.86. The number of alkyl halides is 2. The summed E-state index contributed by atoms with van der Waals surface area (Å²) in [6.07, 6.45) is -1.08. The first-order chi connectivity index (χ1) is 9.75. The summed E-state index contributed by atoms with van der Waals surface area (Å²) in [4.78, 5) is 22.1. The molecule has 0 aliphatic rings. The molecule has 0 heterocycles. The predicted molar refractivity (Wildman–Crippen MR) is 71.0 cm³/mol. The van der Waals surface area contributed by atoms with Crippen LogP contribution in [-0.2, 0) is 16.1 Å². The van der Waals surface area contributed by atoms with Gasteiger partial charge in [0.15, 0.2) is 0 Å². The van der Waals surface area contributed by atoms with Crippen molar-refractivity contribution in [2.75, 3.05) is 0 Å². The Labute approximate surface area is 120 Å². The van der Waals surface area contributed by atoms with E-state index in [1.54, 1.807) is 30.3 Å². The van der Waals surface area contributed by atoms with E-state index >= 15 is 0 Å². The predicted octanol–water partition coefficient (Wildman–Crippen LogP) is 2.66. The summed E-state index contributed by atoms with van der Waals surface area (Å²) in [5, 5.41) is 10.5. The third-order valence-electron chi connectivity index (χ3n) is 2.83. The van der Waals surface area contributed by atoms with Crippen LogP contribution in [0.25, 0.3) is 0 Å². The zero-order chi connectivity index (χ0) is 16.0. The van der Waals surface area contributed by atoms with E-state index in [4.69, 9.17) is 9.84 Å². The highest BCUT2D eigenvalue weighted by Crippen LogP contribution is 2.24. The van der Waals surface area contributed by atoms with Crippen molar-refractivity contribution in [1.82, 2.24) is 5.32 Å². The van der Waals surface area contributed by atoms with Gasteiger partial charge in [-0.05, 0) is 11.5 Å². The van der Waals surface area contributed by atoms with Gasteiger partial charge in [0.1, 0.15) is 12.6 Å². The minimum absolute atomic E-state index is 0.0872. The highest BCUT2D eigenvalue weighted by molar-refractivity contribution is 5.78. The van der Waals surface area contributed by atoms with Crippen LogP contribution in [0.1, 0.15) is 19.4 Å². The van der Waals surface area contributed by atoms with Crippen LogP contribution in [0.2, 0.25) is 0 Å². The SMILES string of the molecule is CC(C)C(NC(=O)OCc1ccccc1)C(F)(F)C(=O)O. The lowest BCUT2D eigenvalue weighted by atomic mass is 9.98. The largest absolute Gasteiger partial charge is 0.477 e. The molecular weight excluding hydrogens is 284 g/mol. The van der Waals surface area contributed by atoms with Gasteiger partial charge in [0.25, 0.3) is 0 Å². The van der Waals surface area contributed by atoms with Crippen molar-refractivity contribution in [2.45, 2.75) is 32.4 Å². The Morgan fingerprint density at radius 3 is 2.33 bits per heavy atom. The van der Waals surface area contributed by atoms with Gasteiger partial charge < -0.3 is 15.2 Å². The van der Waals surface area contributed by atoms with E-state index in [1.165, 1.54) is 13.8 Å². The summed E-state index contributed by atoms with van der Waals surface area (Å²) in [5.74, 6) is -7.13. The highest BCUT2D eigenvalue weighted by Gasteiger charge is 2.50. The van der Waals surface area contributed by atoms with Crippen molar-refractivity contribution in [3.05, 3.63) is 35.9 Å². The third-order valence-corrected chi connectivity index (χ3v) is 2.83. The number of hydrogen-bond donors (Lipinski definition) is 2. The molecule has 0 radical (unpaired) electrons. The Morgan fingerprint density at radius 1 is 1.29 bits per heavy atom. The van der Waals surface area contributed by atoms with Crippen LogP contribution < -0.4 is 5.32 Å². The van der Waals surface area contributed by atoms with E-state index in [1.807, 2.05) is 5.32 Å². The molecule has 7 heteroatoms.